The highest BCUT2D eigenvalue weighted by Gasteiger charge is 2.53. The van der Waals surface area contributed by atoms with Crippen molar-refractivity contribution >= 4 is 17.8 Å². The summed E-state index contributed by atoms with van der Waals surface area (Å²) >= 11 is 0. The summed E-state index contributed by atoms with van der Waals surface area (Å²) in [5.41, 5.74) is 8.35. The zero-order valence-corrected chi connectivity index (χ0v) is 17.2. The summed E-state index contributed by atoms with van der Waals surface area (Å²) in [5, 5.41) is 9.17. The first-order chi connectivity index (χ1) is 14.2. The zero-order chi connectivity index (χ0) is 21.6. The van der Waals surface area contributed by atoms with Gasteiger partial charge in [0.25, 0.3) is 0 Å². The number of aromatic amines is 1. The van der Waals surface area contributed by atoms with Gasteiger partial charge in [0.1, 0.15) is 5.54 Å². The predicted octanol–water partition coefficient (Wildman–Crippen LogP) is 1.65. The summed E-state index contributed by atoms with van der Waals surface area (Å²) in [7, 11) is 1.63. The van der Waals surface area contributed by atoms with E-state index >= 15 is 0 Å². The molecule has 0 saturated carbocycles. The average molecular weight is 404 g/mol. The van der Waals surface area contributed by atoms with Crippen LogP contribution in [0.4, 0.5) is 0 Å². The fourth-order valence-electron chi connectivity index (χ4n) is 4.43. The number of hydrogen-bond acceptors (Lipinski definition) is 5. The second kappa shape index (κ2) is 7.02. The van der Waals surface area contributed by atoms with Crippen LogP contribution in [0.15, 0.2) is 41.5 Å². The maximum Gasteiger partial charge on any atom is 0.235 e. The molecule has 0 bridgehead atoms. The summed E-state index contributed by atoms with van der Waals surface area (Å²) in [4.78, 5) is 36.0. The number of hydrogen-bond donors (Lipinski definition) is 2. The Morgan fingerprint density at radius 2 is 2.07 bits per heavy atom. The fourth-order valence-corrected chi connectivity index (χ4v) is 4.43. The monoisotopic (exact) mass is 404 g/mol. The maximum atomic E-state index is 13.2. The Hall–Kier alpha value is -3.60. The van der Waals surface area contributed by atoms with Crippen LogP contribution in [0.1, 0.15) is 25.1 Å². The lowest BCUT2D eigenvalue weighted by Crippen LogP contribution is -2.62. The van der Waals surface area contributed by atoms with Gasteiger partial charge in [-0.05, 0) is 36.2 Å². The molecule has 2 aliphatic heterocycles. The van der Waals surface area contributed by atoms with Crippen molar-refractivity contribution in [2.75, 3.05) is 20.1 Å². The van der Waals surface area contributed by atoms with Crippen molar-refractivity contribution < 1.29 is 9.59 Å². The third kappa shape index (κ3) is 3.03. The number of H-pyrrole nitrogens is 1. The van der Waals surface area contributed by atoms with Crippen molar-refractivity contribution in [3.05, 3.63) is 47.8 Å². The minimum atomic E-state index is -0.883. The Balaban J connectivity index is 1.73. The standard InChI is InChI=1S/C22H24N6O2/c1-13(29)28-11-17(12-28)19-20(30)27(3)21(24)26-22(19,2)18-8-16(10-25-18)15-6-4-5-14(7-15)9-23/h4-8,10,17,19,25H,11-12H2,1-3H3,(H2,24,26)/t19-,22+/m0/s1. The molecular weight excluding hydrogens is 380 g/mol. The molecule has 30 heavy (non-hydrogen) atoms. The van der Waals surface area contributed by atoms with Crippen molar-refractivity contribution in [1.82, 2.24) is 14.8 Å². The molecule has 0 aliphatic carbocycles. The highest BCUT2D eigenvalue weighted by atomic mass is 16.2. The number of aromatic nitrogens is 1. The van der Waals surface area contributed by atoms with Gasteiger partial charge in [0.05, 0.1) is 17.6 Å². The fraction of sp³-hybridized carbons (Fsp3) is 0.364. The molecule has 1 aromatic carbocycles. The Kier molecular flexibility index (Phi) is 4.61. The van der Waals surface area contributed by atoms with Crippen molar-refractivity contribution in [1.29, 1.82) is 5.26 Å². The van der Waals surface area contributed by atoms with Gasteiger partial charge in [-0.3, -0.25) is 14.5 Å². The van der Waals surface area contributed by atoms with E-state index in [2.05, 4.69) is 11.1 Å². The summed E-state index contributed by atoms with van der Waals surface area (Å²) in [6.45, 7) is 4.50. The molecule has 1 fully saturated rings. The number of carbonyl (C=O) groups excluding carboxylic acids is 2. The Labute approximate surface area is 175 Å². The minimum absolute atomic E-state index is 0.000586. The molecule has 154 valence electrons. The quantitative estimate of drug-likeness (QED) is 0.808. The number of nitriles is 1. The summed E-state index contributed by atoms with van der Waals surface area (Å²) in [6.07, 6.45) is 1.85. The van der Waals surface area contributed by atoms with E-state index in [1.807, 2.05) is 37.4 Å². The first-order valence-corrected chi connectivity index (χ1v) is 9.82. The van der Waals surface area contributed by atoms with Crippen LogP contribution in [0.3, 0.4) is 0 Å². The molecule has 3 N–H and O–H groups in total. The molecule has 0 spiro atoms. The second-order valence-electron chi connectivity index (χ2n) is 8.17. The van der Waals surface area contributed by atoms with Gasteiger partial charge in [0.2, 0.25) is 11.8 Å². The molecular formula is C22H24N6O2. The third-order valence-corrected chi connectivity index (χ3v) is 6.27. The Morgan fingerprint density at radius 1 is 1.33 bits per heavy atom. The van der Waals surface area contributed by atoms with E-state index in [0.29, 0.717) is 18.7 Å². The van der Waals surface area contributed by atoms with Crippen LogP contribution in [0.25, 0.3) is 11.1 Å². The lowest BCUT2D eigenvalue weighted by Gasteiger charge is -2.49. The van der Waals surface area contributed by atoms with Crippen LogP contribution in [0.2, 0.25) is 0 Å². The van der Waals surface area contributed by atoms with E-state index in [4.69, 9.17) is 10.7 Å². The van der Waals surface area contributed by atoms with E-state index in [1.165, 1.54) is 11.8 Å². The SMILES string of the molecule is CC(=O)N1CC([C@H]2C(=O)N(C)C(N)=N[C@]2(C)c2cc(-c3cccc(C#N)c3)c[nH]2)C1. The lowest BCUT2D eigenvalue weighted by atomic mass is 9.70. The van der Waals surface area contributed by atoms with Crippen LogP contribution in [-0.4, -0.2) is 52.7 Å². The van der Waals surface area contributed by atoms with Gasteiger partial charge in [0, 0.05) is 44.9 Å². The number of aliphatic imine (C=N–C) groups is 1. The van der Waals surface area contributed by atoms with Crippen LogP contribution < -0.4 is 5.73 Å². The molecule has 8 nitrogen and oxygen atoms in total. The Morgan fingerprint density at radius 3 is 2.73 bits per heavy atom. The normalized spacial score (nSPS) is 24.3. The Bertz CT molecular complexity index is 1090. The molecule has 3 heterocycles. The molecule has 8 heteroatoms. The largest absolute Gasteiger partial charge is 0.369 e. The highest BCUT2D eigenvalue weighted by Crippen LogP contribution is 2.44. The minimum Gasteiger partial charge on any atom is -0.369 e. The zero-order valence-electron chi connectivity index (χ0n) is 17.2. The van der Waals surface area contributed by atoms with E-state index in [0.717, 1.165) is 16.8 Å². The predicted molar refractivity (Wildman–Crippen MR) is 112 cm³/mol. The number of carbonyl (C=O) groups is 2. The van der Waals surface area contributed by atoms with Gasteiger partial charge in [-0.1, -0.05) is 12.1 Å². The van der Waals surface area contributed by atoms with Crippen molar-refractivity contribution in [2.45, 2.75) is 19.4 Å². The maximum absolute atomic E-state index is 13.2. The third-order valence-electron chi connectivity index (χ3n) is 6.27. The summed E-state index contributed by atoms with van der Waals surface area (Å²) in [5.74, 6) is -0.362. The summed E-state index contributed by atoms with van der Waals surface area (Å²) in [6, 6.07) is 11.5. The van der Waals surface area contributed by atoms with E-state index in [-0.39, 0.29) is 23.7 Å². The van der Waals surface area contributed by atoms with E-state index in [1.54, 1.807) is 18.0 Å². The van der Waals surface area contributed by atoms with Crippen molar-refractivity contribution in [3.8, 4) is 17.2 Å². The van der Waals surface area contributed by atoms with Gasteiger partial charge in [0.15, 0.2) is 5.96 Å². The van der Waals surface area contributed by atoms with E-state index < -0.39 is 11.5 Å². The summed E-state index contributed by atoms with van der Waals surface area (Å²) < 4.78 is 0. The number of rotatable bonds is 3. The van der Waals surface area contributed by atoms with Crippen molar-refractivity contribution in [3.63, 3.8) is 0 Å². The first kappa shape index (κ1) is 19.7. The molecule has 1 saturated heterocycles. The van der Waals surface area contributed by atoms with Crippen LogP contribution >= 0.6 is 0 Å². The van der Waals surface area contributed by atoms with Gasteiger partial charge in [-0.25, -0.2) is 4.99 Å². The molecule has 2 aliphatic rings. The molecule has 2 amide bonds. The number of nitrogens with one attached hydrogen (secondary N) is 1. The molecule has 1 aromatic heterocycles. The second-order valence-corrected chi connectivity index (χ2v) is 8.17. The molecule has 0 radical (unpaired) electrons. The van der Waals surface area contributed by atoms with Crippen molar-refractivity contribution in [2.24, 2.45) is 22.6 Å². The lowest BCUT2D eigenvalue weighted by molar-refractivity contribution is -0.147. The number of nitrogens with two attached hydrogens (primary N) is 1. The van der Waals surface area contributed by atoms with Crippen LogP contribution in [-0.2, 0) is 15.1 Å². The smallest absolute Gasteiger partial charge is 0.235 e. The van der Waals surface area contributed by atoms with Gasteiger partial charge in [-0.2, -0.15) is 5.26 Å². The topological polar surface area (TPSA) is 119 Å². The van der Waals surface area contributed by atoms with E-state index in [9.17, 15) is 14.9 Å². The average Bonchev–Trinajstić information content (AvgIpc) is 3.18. The number of nitrogens with zero attached hydrogens (tertiary/aromatic N) is 4. The molecule has 2 atom stereocenters. The molecule has 0 unspecified atom stereocenters. The molecule has 2 aromatic rings. The van der Waals surface area contributed by atoms with Gasteiger partial charge < -0.3 is 15.6 Å². The number of benzene rings is 1. The first-order valence-electron chi connectivity index (χ1n) is 9.82. The van der Waals surface area contributed by atoms with Crippen LogP contribution in [0.5, 0.6) is 0 Å². The van der Waals surface area contributed by atoms with Gasteiger partial charge in [-0.15, -0.1) is 0 Å². The van der Waals surface area contributed by atoms with Gasteiger partial charge >= 0.3 is 0 Å². The highest BCUT2D eigenvalue weighted by molar-refractivity contribution is 6.00. The van der Waals surface area contributed by atoms with Crippen LogP contribution in [0, 0.1) is 23.2 Å². The number of guanidine groups is 1. The number of amides is 2. The molecule has 4 rings (SSSR count). The number of likely N-dealkylation sites (tertiary alicyclic amines) is 1.